The van der Waals surface area contributed by atoms with Gasteiger partial charge in [0.05, 0.1) is 19.0 Å². The highest BCUT2D eigenvalue weighted by Crippen LogP contribution is 2.31. The molecule has 0 fully saturated rings. The van der Waals surface area contributed by atoms with Gasteiger partial charge in [-0.1, -0.05) is 15.9 Å². The first kappa shape index (κ1) is 20.3. The van der Waals surface area contributed by atoms with E-state index in [0.29, 0.717) is 15.9 Å². The van der Waals surface area contributed by atoms with E-state index in [-0.39, 0.29) is 18.0 Å². The maximum absolute atomic E-state index is 12.9. The molecule has 0 bridgehead atoms. The van der Waals surface area contributed by atoms with E-state index in [0.717, 1.165) is 26.2 Å². The standard InChI is InChI=1S/C22H18BrN3O3S/c1-13-9-15(23)5-8-17(13)25-20(27)11-26-12-24-18-10-19(30-21(18)22(26)28)14-3-6-16(29-2)7-4-14/h3-10,12H,11H2,1-2H3,(H,25,27). The molecule has 0 saturated carbocycles. The van der Waals surface area contributed by atoms with E-state index in [1.54, 1.807) is 7.11 Å². The number of nitrogens with zero attached hydrogens (tertiary/aromatic N) is 2. The molecule has 1 amide bonds. The minimum Gasteiger partial charge on any atom is -0.497 e. The molecular weight excluding hydrogens is 466 g/mol. The number of carbonyl (C=O) groups is 1. The van der Waals surface area contributed by atoms with E-state index in [4.69, 9.17) is 4.74 Å². The lowest BCUT2D eigenvalue weighted by molar-refractivity contribution is -0.116. The first-order chi connectivity index (χ1) is 14.4. The molecular formula is C22H18BrN3O3S. The fraction of sp³-hybridized carbons (Fsp3) is 0.136. The Morgan fingerprint density at radius 2 is 1.97 bits per heavy atom. The van der Waals surface area contributed by atoms with Crippen LogP contribution in [0.5, 0.6) is 5.75 Å². The number of methoxy groups -OCH3 is 1. The molecule has 0 aliphatic rings. The Morgan fingerprint density at radius 1 is 1.20 bits per heavy atom. The number of carbonyl (C=O) groups excluding carboxylic acids is 1. The van der Waals surface area contributed by atoms with Gasteiger partial charge < -0.3 is 10.1 Å². The molecule has 30 heavy (non-hydrogen) atoms. The molecule has 6 nitrogen and oxygen atoms in total. The van der Waals surface area contributed by atoms with Gasteiger partial charge in [0.25, 0.3) is 5.56 Å². The Morgan fingerprint density at radius 3 is 2.67 bits per heavy atom. The van der Waals surface area contributed by atoms with Crippen molar-refractivity contribution in [3.8, 4) is 16.2 Å². The highest BCUT2D eigenvalue weighted by atomic mass is 79.9. The second kappa shape index (κ2) is 8.41. The summed E-state index contributed by atoms with van der Waals surface area (Å²) in [7, 11) is 1.62. The fourth-order valence-corrected chi connectivity index (χ4v) is 4.61. The summed E-state index contributed by atoms with van der Waals surface area (Å²) in [6.45, 7) is 1.81. The summed E-state index contributed by atoms with van der Waals surface area (Å²) in [6, 6.07) is 15.1. The Hall–Kier alpha value is -2.97. The van der Waals surface area contributed by atoms with Crippen LogP contribution in [0.1, 0.15) is 5.56 Å². The third-order valence-electron chi connectivity index (χ3n) is 4.65. The fourth-order valence-electron chi connectivity index (χ4n) is 3.07. The van der Waals surface area contributed by atoms with E-state index < -0.39 is 0 Å². The molecule has 4 aromatic rings. The molecule has 1 N–H and O–H groups in total. The van der Waals surface area contributed by atoms with Gasteiger partial charge in [-0.25, -0.2) is 4.98 Å². The van der Waals surface area contributed by atoms with Crippen LogP contribution < -0.4 is 15.6 Å². The van der Waals surface area contributed by atoms with Gasteiger partial charge in [-0.15, -0.1) is 11.3 Å². The Balaban J connectivity index is 1.58. The average Bonchev–Trinajstić information content (AvgIpc) is 3.17. The van der Waals surface area contributed by atoms with Gasteiger partial charge in [-0.05, 0) is 66.6 Å². The molecule has 8 heteroatoms. The lowest BCUT2D eigenvalue weighted by Gasteiger charge is -2.09. The van der Waals surface area contributed by atoms with Crippen molar-refractivity contribution in [2.75, 3.05) is 12.4 Å². The summed E-state index contributed by atoms with van der Waals surface area (Å²) in [5.74, 6) is 0.489. The van der Waals surface area contributed by atoms with Gasteiger partial charge in [0.15, 0.2) is 0 Å². The van der Waals surface area contributed by atoms with Crippen molar-refractivity contribution in [1.82, 2.24) is 9.55 Å². The monoisotopic (exact) mass is 483 g/mol. The predicted molar refractivity (Wildman–Crippen MR) is 123 cm³/mol. The number of rotatable bonds is 5. The number of amides is 1. The largest absolute Gasteiger partial charge is 0.497 e. The SMILES string of the molecule is COc1ccc(-c2cc3ncn(CC(=O)Nc4ccc(Br)cc4C)c(=O)c3s2)cc1. The van der Waals surface area contributed by atoms with E-state index >= 15 is 0 Å². The molecule has 2 aromatic heterocycles. The van der Waals surface area contributed by atoms with Crippen molar-refractivity contribution in [3.05, 3.63) is 75.2 Å². The lowest BCUT2D eigenvalue weighted by atomic mass is 10.2. The number of benzene rings is 2. The van der Waals surface area contributed by atoms with Crippen LogP contribution in [-0.4, -0.2) is 22.6 Å². The Labute approximate surface area is 185 Å². The van der Waals surface area contributed by atoms with Crippen molar-refractivity contribution in [1.29, 1.82) is 0 Å². The third kappa shape index (κ3) is 4.15. The number of nitrogens with one attached hydrogen (secondary N) is 1. The quantitative estimate of drug-likeness (QED) is 0.440. The van der Waals surface area contributed by atoms with E-state index in [1.807, 2.05) is 55.5 Å². The van der Waals surface area contributed by atoms with Crippen LogP contribution >= 0.6 is 27.3 Å². The highest BCUT2D eigenvalue weighted by molar-refractivity contribution is 9.10. The van der Waals surface area contributed by atoms with E-state index in [2.05, 4.69) is 26.2 Å². The van der Waals surface area contributed by atoms with Gasteiger partial charge in [0.1, 0.15) is 17.0 Å². The van der Waals surface area contributed by atoms with Crippen LogP contribution in [-0.2, 0) is 11.3 Å². The number of halogens is 1. The first-order valence-electron chi connectivity index (χ1n) is 9.14. The number of fused-ring (bicyclic) bond motifs is 1. The topological polar surface area (TPSA) is 73.2 Å². The second-order valence-electron chi connectivity index (χ2n) is 6.74. The molecule has 2 heterocycles. The molecule has 0 saturated heterocycles. The maximum Gasteiger partial charge on any atom is 0.271 e. The smallest absolute Gasteiger partial charge is 0.271 e. The van der Waals surface area contributed by atoms with Crippen LogP contribution in [0.25, 0.3) is 20.7 Å². The van der Waals surface area contributed by atoms with Crippen molar-refractivity contribution < 1.29 is 9.53 Å². The average molecular weight is 484 g/mol. The normalized spacial score (nSPS) is 10.9. The van der Waals surface area contributed by atoms with Crippen LogP contribution in [0.4, 0.5) is 5.69 Å². The Kier molecular flexibility index (Phi) is 5.69. The lowest BCUT2D eigenvalue weighted by Crippen LogP contribution is -2.27. The summed E-state index contributed by atoms with van der Waals surface area (Å²) in [5.41, 5.74) is 3.01. The summed E-state index contributed by atoms with van der Waals surface area (Å²) in [5, 5.41) is 2.85. The Bertz CT molecular complexity index is 1300. The maximum atomic E-state index is 12.9. The third-order valence-corrected chi connectivity index (χ3v) is 6.31. The number of aromatic nitrogens is 2. The summed E-state index contributed by atoms with van der Waals surface area (Å²) in [4.78, 5) is 30.7. The van der Waals surface area contributed by atoms with Crippen LogP contribution in [0, 0.1) is 6.92 Å². The summed E-state index contributed by atoms with van der Waals surface area (Å²) in [6.07, 6.45) is 1.42. The van der Waals surface area contributed by atoms with Gasteiger partial charge in [0, 0.05) is 15.0 Å². The summed E-state index contributed by atoms with van der Waals surface area (Å²) < 4.78 is 7.99. The van der Waals surface area contributed by atoms with Crippen molar-refractivity contribution >= 4 is 49.1 Å². The minimum absolute atomic E-state index is 0.104. The number of aryl methyl sites for hydroxylation is 1. The number of hydrogen-bond acceptors (Lipinski definition) is 5. The second-order valence-corrected chi connectivity index (χ2v) is 8.71. The molecule has 2 aromatic carbocycles. The van der Waals surface area contributed by atoms with Gasteiger partial charge >= 0.3 is 0 Å². The van der Waals surface area contributed by atoms with Crippen molar-refractivity contribution in [2.24, 2.45) is 0 Å². The molecule has 0 aliphatic carbocycles. The molecule has 4 rings (SSSR count). The van der Waals surface area contributed by atoms with Crippen molar-refractivity contribution in [2.45, 2.75) is 13.5 Å². The predicted octanol–water partition coefficient (Wildman–Crippen LogP) is 4.84. The van der Waals surface area contributed by atoms with E-state index in [1.165, 1.54) is 22.2 Å². The number of hydrogen-bond donors (Lipinski definition) is 1. The first-order valence-corrected chi connectivity index (χ1v) is 10.7. The van der Waals surface area contributed by atoms with Gasteiger partial charge in [-0.3, -0.25) is 14.2 Å². The van der Waals surface area contributed by atoms with Gasteiger partial charge in [0.2, 0.25) is 5.91 Å². The molecule has 0 spiro atoms. The zero-order valence-corrected chi connectivity index (χ0v) is 18.7. The van der Waals surface area contributed by atoms with E-state index in [9.17, 15) is 9.59 Å². The zero-order valence-electron chi connectivity index (χ0n) is 16.3. The van der Waals surface area contributed by atoms with Gasteiger partial charge in [-0.2, -0.15) is 0 Å². The molecule has 0 unspecified atom stereocenters. The summed E-state index contributed by atoms with van der Waals surface area (Å²) >= 11 is 4.77. The highest BCUT2D eigenvalue weighted by Gasteiger charge is 2.13. The van der Waals surface area contributed by atoms with Crippen LogP contribution in [0.2, 0.25) is 0 Å². The number of thiophene rings is 1. The molecule has 0 aliphatic heterocycles. The van der Waals surface area contributed by atoms with Crippen molar-refractivity contribution in [3.63, 3.8) is 0 Å². The van der Waals surface area contributed by atoms with Crippen LogP contribution in [0.15, 0.2) is 64.1 Å². The number of ether oxygens (including phenoxy) is 1. The molecule has 0 radical (unpaired) electrons. The molecule has 0 atom stereocenters. The minimum atomic E-state index is -0.282. The van der Waals surface area contributed by atoms with Crippen LogP contribution in [0.3, 0.4) is 0 Å². The zero-order chi connectivity index (χ0) is 21.3. The molecule has 152 valence electrons. The number of anilines is 1.